The minimum Gasteiger partial charge on any atom is -0.342 e. The number of amides is 1. The number of hydrogen-bond acceptors (Lipinski definition) is 3. The molecule has 1 aromatic rings. The van der Waals surface area contributed by atoms with E-state index in [4.69, 9.17) is 0 Å². The van der Waals surface area contributed by atoms with Crippen molar-refractivity contribution in [3.05, 3.63) is 29.3 Å². The lowest BCUT2D eigenvalue weighted by Crippen LogP contribution is -2.48. The van der Waals surface area contributed by atoms with Crippen molar-refractivity contribution in [1.82, 2.24) is 9.62 Å². The standard InChI is InChI=1S/C19H30N2O3S/c1-5-16(6-2)19(22)21-11-9-17(10-12-21)20-25(23,24)18-8-7-14(3)13-15(18)4/h7-8,13,16-17,20H,5-6,9-12H2,1-4H3. The Bertz CT molecular complexity index is 703. The third-order valence-corrected chi connectivity index (χ3v) is 6.76. The van der Waals surface area contributed by atoms with Crippen LogP contribution in [0.4, 0.5) is 0 Å². The van der Waals surface area contributed by atoms with Crippen molar-refractivity contribution in [3.8, 4) is 0 Å². The van der Waals surface area contributed by atoms with E-state index in [0.717, 1.165) is 24.0 Å². The van der Waals surface area contributed by atoms with Gasteiger partial charge in [-0.15, -0.1) is 0 Å². The first-order chi connectivity index (χ1) is 11.8. The second-order valence-corrected chi connectivity index (χ2v) is 8.69. The van der Waals surface area contributed by atoms with Crippen LogP contribution < -0.4 is 4.72 Å². The quantitative estimate of drug-likeness (QED) is 0.841. The Morgan fingerprint density at radius 1 is 1.20 bits per heavy atom. The van der Waals surface area contributed by atoms with Gasteiger partial charge in [-0.3, -0.25) is 4.79 Å². The van der Waals surface area contributed by atoms with Crippen LogP contribution in [0, 0.1) is 19.8 Å². The summed E-state index contributed by atoms with van der Waals surface area (Å²) in [6, 6.07) is 5.25. The number of piperidine rings is 1. The molecule has 1 N–H and O–H groups in total. The third-order valence-electron chi connectivity index (χ3n) is 5.08. The van der Waals surface area contributed by atoms with Crippen LogP contribution >= 0.6 is 0 Å². The maximum Gasteiger partial charge on any atom is 0.241 e. The molecule has 1 saturated heterocycles. The number of sulfonamides is 1. The molecule has 2 rings (SSSR count). The highest BCUT2D eigenvalue weighted by molar-refractivity contribution is 7.89. The molecular weight excluding hydrogens is 336 g/mol. The molecule has 0 aromatic heterocycles. The fourth-order valence-electron chi connectivity index (χ4n) is 3.50. The zero-order valence-corrected chi connectivity index (χ0v) is 16.5. The first-order valence-corrected chi connectivity index (χ1v) is 10.6. The molecule has 25 heavy (non-hydrogen) atoms. The summed E-state index contributed by atoms with van der Waals surface area (Å²) < 4.78 is 28.1. The molecule has 0 bridgehead atoms. The molecule has 140 valence electrons. The molecule has 6 heteroatoms. The molecule has 0 aliphatic carbocycles. The number of aryl methyl sites for hydroxylation is 2. The fourth-order valence-corrected chi connectivity index (χ4v) is 5.03. The first kappa shape index (κ1) is 19.9. The van der Waals surface area contributed by atoms with Gasteiger partial charge in [-0.05, 0) is 51.2 Å². The molecule has 1 aliphatic heterocycles. The number of rotatable bonds is 6. The second kappa shape index (κ2) is 8.32. The maximum atomic E-state index is 12.7. The molecule has 5 nitrogen and oxygen atoms in total. The van der Waals surface area contributed by atoms with E-state index in [0.29, 0.717) is 30.8 Å². The highest BCUT2D eigenvalue weighted by Gasteiger charge is 2.29. The average molecular weight is 367 g/mol. The topological polar surface area (TPSA) is 66.5 Å². The molecule has 0 atom stereocenters. The molecule has 1 heterocycles. The van der Waals surface area contributed by atoms with Crippen molar-refractivity contribution < 1.29 is 13.2 Å². The van der Waals surface area contributed by atoms with Gasteiger partial charge in [0.05, 0.1) is 4.90 Å². The number of carbonyl (C=O) groups is 1. The number of benzene rings is 1. The lowest BCUT2D eigenvalue weighted by Gasteiger charge is -2.34. The summed E-state index contributed by atoms with van der Waals surface area (Å²) in [6.45, 7) is 9.08. The van der Waals surface area contributed by atoms with E-state index in [1.54, 1.807) is 6.07 Å². The molecule has 1 aromatic carbocycles. The Balaban J connectivity index is 1.98. The summed E-state index contributed by atoms with van der Waals surface area (Å²) in [7, 11) is -3.52. The normalized spacial score (nSPS) is 16.4. The number of nitrogens with zero attached hydrogens (tertiary/aromatic N) is 1. The van der Waals surface area contributed by atoms with Gasteiger partial charge >= 0.3 is 0 Å². The lowest BCUT2D eigenvalue weighted by molar-refractivity contribution is -0.136. The van der Waals surface area contributed by atoms with E-state index in [1.807, 2.05) is 44.7 Å². The van der Waals surface area contributed by atoms with Crippen LogP contribution in [0.25, 0.3) is 0 Å². The first-order valence-electron chi connectivity index (χ1n) is 9.16. The van der Waals surface area contributed by atoms with Crippen LogP contribution in [0.2, 0.25) is 0 Å². The lowest BCUT2D eigenvalue weighted by atomic mass is 9.99. The second-order valence-electron chi connectivity index (χ2n) is 7.00. The Labute approximate surface area is 151 Å². The molecule has 1 amide bonds. The molecule has 0 unspecified atom stereocenters. The predicted molar refractivity (Wildman–Crippen MR) is 99.9 cm³/mol. The molecule has 1 aliphatic rings. The monoisotopic (exact) mass is 366 g/mol. The van der Waals surface area contributed by atoms with E-state index < -0.39 is 10.0 Å². The summed E-state index contributed by atoms with van der Waals surface area (Å²) in [5, 5.41) is 0. The number of carbonyl (C=O) groups excluding carboxylic acids is 1. The summed E-state index contributed by atoms with van der Waals surface area (Å²) in [4.78, 5) is 14.7. The zero-order chi connectivity index (χ0) is 18.6. The summed E-state index contributed by atoms with van der Waals surface area (Å²) in [5.41, 5.74) is 1.80. The molecule has 0 spiro atoms. The van der Waals surface area contributed by atoms with Gasteiger partial charge < -0.3 is 4.90 Å². The molecule has 0 saturated carbocycles. The highest BCUT2D eigenvalue weighted by atomic mass is 32.2. The van der Waals surface area contributed by atoms with Crippen LogP contribution in [0.1, 0.15) is 50.7 Å². The van der Waals surface area contributed by atoms with Gasteiger partial charge in [0.25, 0.3) is 0 Å². The number of hydrogen-bond donors (Lipinski definition) is 1. The van der Waals surface area contributed by atoms with Crippen LogP contribution in [0.15, 0.2) is 23.1 Å². The van der Waals surface area contributed by atoms with Gasteiger partial charge in [-0.1, -0.05) is 31.5 Å². The van der Waals surface area contributed by atoms with E-state index in [1.165, 1.54) is 0 Å². The van der Waals surface area contributed by atoms with Crippen molar-refractivity contribution in [2.24, 2.45) is 5.92 Å². The van der Waals surface area contributed by atoms with Crippen molar-refractivity contribution in [2.45, 2.75) is 64.3 Å². The smallest absolute Gasteiger partial charge is 0.241 e. The van der Waals surface area contributed by atoms with Crippen LogP contribution in [-0.4, -0.2) is 38.4 Å². The van der Waals surface area contributed by atoms with Gasteiger partial charge in [0.2, 0.25) is 15.9 Å². The zero-order valence-electron chi connectivity index (χ0n) is 15.7. The highest BCUT2D eigenvalue weighted by Crippen LogP contribution is 2.21. The van der Waals surface area contributed by atoms with E-state index in [9.17, 15) is 13.2 Å². The Morgan fingerprint density at radius 3 is 2.32 bits per heavy atom. The summed E-state index contributed by atoms with van der Waals surface area (Å²) in [6.07, 6.45) is 3.04. The average Bonchev–Trinajstić information content (AvgIpc) is 2.55. The number of nitrogens with one attached hydrogen (secondary N) is 1. The van der Waals surface area contributed by atoms with Gasteiger partial charge in [0, 0.05) is 25.0 Å². The van der Waals surface area contributed by atoms with Gasteiger partial charge in [0.15, 0.2) is 0 Å². The number of likely N-dealkylation sites (tertiary alicyclic amines) is 1. The Hall–Kier alpha value is -1.40. The predicted octanol–water partition coefficient (Wildman–Crippen LogP) is 3.01. The van der Waals surface area contributed by atoms with Crippen molar-refractivity contribution in [2.75, 3.05) is 13.1 Å². The van der Waals surface area contributed by atoms with E-state index >= 15 is 0 Å². The van der Waals surface area contributed by atoms with Gasteiger partial charge in [-0.2, -0.15) is 0 Å². The van der Waals surface area contributed by atoms with E-state index in [-0.39, 0.29) is 17.9 Å². The van der Waals surface area contributed by atoms with Crippen LogP contribution in [0.5, 0.6) is 0 Å². The van der Waals surface area contributed by atoms with Crippen molar-refractivity contribution >= 4 is 15.9 Å². The fraction of sp³-hybridized carbons (Fsp3) is 0.632. The molecule has 1 fully saturated rings. The maximum absolute atomic E-state index is 12.7. The SMILES string of the molecule is CCC(CC)C(=O)N1CCC(NS(=O)(=O)c2ccc(C)cc2C)CC1. The largest absolute Gasteiger partial charge is 0.342 e. The van der Waals surface area contributed by atoms with Crippen LogP contribution in [-0.2, 0) is 14.8 Å². The molecule has 0 radical (unpaired) electrons. The minimum absolute atomic E-state index is 0.0865. The van der Waals surface area contributed by atoms with Crippen molar-refractivity contribution in [3.63, 3.8) is 0 Å². The summed E-state index contributed by atoms with van der Waals surface area (Å²) in [5.74, 6) is 0.295. The Morgan fingerprint density at radius 2 is 1.80 bits per heavy atom. The third kappa shape index (κ3) is 4.82. The van der Waals surface area contributed by atoms with Crippen LogP contribution in [0.3, 0.4) is 0 Å². The summed E-state index contributed by atoms with van der Waals surface area (Å²) >= 11 is 0. The molecular formula is C19H30N2O3S. The van der Waals surface area contributed by atoms with E-state index in [2.05, 4.69) is 4.72 Å². The van der Waals surface area contributed by atoms with Gasteiger partial charge in [0.1, 0.15) is 0 Å². The minimum atomic E-state index is -3.52. The van der Waals surface area contributed by atoms with Gasteiger partial charge in [-0.25, -0.2) is 13.1 Å². The van der Waals surface area contributed by atoms with Crippen molar-refractivity contribution in [1.29, 1.82) is 0 Å². The Kier molecular flexibility index (Phi) is 6.63.